The molecule has 0 fully saturated rings. The van der Waals surface area contributed by atoms with Crippen LogP contribution in [0, 0.1) is 12.7 Å². The summed E-state index contributed by atoms with van der Waals surface area (Å²) >= 11 is 12.5. The maximum atomic E-state index is 14.2. The molecule has 0 radical (unpaired) electrons. The van der Waals surface area contributed by atoms with Gasteiger partial charge in [-0.3, -0.25) is 0 Å². The van der Waals surface area contributed by atoms with E-state index in [4.69, 9.17) is 17.3 Å². The number of rotatable bonds is 2. The van der Waals surface area contributed by atoms with Crippen LogP contribution in [0.3, 0.4) is 0 Å². The van der Waals surface area contributed by atoms with Crippen LogP contribution in [0.25, 0.3) is 0 Å². The van der Waals surface area contributed by atoms with E-state index in [1.165, 1.54) is 0 Å². The normalized spacial score (nSPS) is 12.5. The summed E-state index contributed by atoms with van der Waals surface area (Å²) in [4.78, 5) is 0. The summed E-state index contributed by atoms with van der Waals surface area (Å²) < 4.78 is 15.5. The van der Waals surface area contributed by atoms with Crippen LogP contribution < -0.4 is 5.73 Å². The molecule has 0 saturated heterocycles. The quantitative estimate of drug-likeness (QED) is 0.667. The summed E-state index contributed by atoms with van der Waals surface area (Å²) in [6.07, 6.45) is 0. The van der Waals surface area contributed by atoms with Crippen LogP contribution in [0.5, 0.6) is 0 Å². The van der Waals surface area contributed by atoms with Gasteiger partial charge in [-0.15, -0.1) is 0 Å². The van der Waals surface area contributed by atoms with Gasteiger partial charge >= 0.3 is 0 Å². The van der Waals surface area contributed by atoms with E-state index in [2.05, 4.69) is 31.9 Å². The Morgan fingerprint density at radius 3 is 2.42 bits per heavy atom. The predicted octanol–water partition coefficient (Wildman–Crippen LogP) is 5.36. The van der Waals surface area contributed by atoms with Gasteiger partial charge in [0.2, 0.25) is 0 Å². The van der Waals surface area contributed by atoms with Crippen LogP contribution in [-0.4, -0.2) is 0 Å². The molecule has 2 N–H and O–H groups in total. The third-order valence-corrected chi connectivity index (χ3v) is 4.87. The van der Waals surface area contributed by atoms with Crippen molar-refractivity contribution >= 4 is 43.5 Å². The Hall–Kier alpha value is -0.420. The molecule has 2 aromatic carbocycles. The molecule has 0 aliphatic rings. The Bertz CT molecular complexity index is 631. The molecule has 1 atom stereocenters. The monoisotopic (exact) mass is 405 g/mol. The lowest BCUT2D eigenvalue weighted by Gasteiger charge is -2.17. The van der Waals surface area contributed by atoms with E-state index in [-0.39, 0.29) is 5.02 Å². The van der Waals surface area contributed by atoms with Crippen molar-refractivity contribution in [2.75, 3.05) is 0 Å². The van der Waals surface area contributed by atoms with E-state index in [9.17, 15) is 4.39 Å². The molecule has 0 amide bonds. The van der Waals surface area contributed by atoms with Gasteiger partial charge in [0.1, 0.15) is 5.82 Å². The molecule has 19 heavy (non-hydrogen) atoms. The molecule has 0 heterocycles. The first kappa shape index (κ1) is 15.0. The van der Waals surface area contributed by atoms with Crippen LogP contribution >= 0.6 is 43.5 Å². The molecule has 2 aromatic rings. The zero-order chi connectivity index (χ0) is 14.2. The van der Waals surface area contributed by atoms with Gasteiger partial charge in [0.15, 0.2) is 0 Å². The molecule has 100 valence electrons. The zero-order valence-corrected chi connectivity index (χ0v) is 14.0. The minimum Gasteiger partial charge on any atom is -0.320 e. The van der Waals surface area contributed by atoms with Crippen LogP contribution in [0.15, 0.2) is 39.3 Å². The lowest BCUT2D eigenvalue weighted by Crippen LogP contribution is -2.14. The molecule has 0 aliphatic heterocycles. The minimum absolute atomic E-state index is 0.0525. The van der Waals surface area contributed by atoms with Crippen molar-refractivity contribution in [2.45, 2.75) is 13.0 Å². The molecular weight excluding hydrogens is 396 g/mol. The first-order valence-electron chi connectivity index (χ1n) is 5.57. The summed E-state index contributed by atoms with van der Waals surface area (Å²) in [6, 6.07) is 8.58. The van der Waals surface area contributed by atoms with Crippen molar-refractivity contribution < 1.29 is 4.39 Å². The SMILES string of the molecule is Cc1ccc(Br)c(C(N)c2ccc(Br)c(Cl)c2F)c1. The summed E-state index contributed by atoms with van der Waals surface area (Å²) in [5.41, 5.74) is 8.43. The molecule has 2 rings (SSSR count). The van der Waals surface area contributed by atoms with Crippen molar-refractivity contribution in [1.82, 2.24) is 0 Å². The second-order valence-corrected chi connectivity index (χ2v) is 6.35. The van der Waals surface area contributed by atoms with Crippen LogP contribution in [0.2, 0.25) is 5.02 Å². The molecule has 0 saturated carbocycles. The van der Waals surface area contributed by atoms with E-state index >= 15 is 0 Å². The van der Waals surface area contributed by atoms with E-state index in [1.54, 1.807) is 12.1 Å². The molecule has 0 aromatic heterocycles. The molecule has 0 bridgehead atoms. The summed E-state index contributed by atoms with van der Waals surface area (Å²) in [5, 5.41) is 0.0525. The Balaban J connectivity index is 2.53. The summed E-state index contributed by atoms with van der Waals surface area (Å²) in [6.45, 7) is 1.97. The Morgan fingerprint density at radius 2 is 1.74 bits per heavy atom. The predicted molar refractivity (Wildman–Crippen MR) is 84.0 cm³/mol. The lowest BCUT2D eigenvalue weighted by molar-refractivity contribution is 0.599. The average Bonchev–Trinajstić information content (AvgIpc) is 2.38. The maximum absolute atomic E-state index is 14.2. The third kappa shape index (κ3) is 3.02. The van der Waals surface area contributed by atoms with Crippen LogP contribution in [0.1, 0.15) is 22.7 Å². The Morgan fingerprint density at radius 1 is 1.11 bits per heavy atom. The zero-order valence-electron chi connectivity index (χ0n) is 10.1. The van der Waals surface area contributed by atoms with Crippen molar-refractivity contribution in [3.8, 4) is 0 Å². The second-order valence-electron chi connectivity index (χ2n) is 4.27. The molecule has 0 aliphatic carbocycles. The van der Waals surface area contributed by atoms with Crippen molar-refractivity contribution in [2.24, 2.45) is 5.73 Å². The highest BCUT2D eigenvalue weighted by atomic mass is 79.9. The van der Waals surface area contributed by atoms with E-state index < -0.39 is 11.9 Å². The van der Waals surface area contributed by atoms with E-state index in [0.29, 0.717) is 10.0 Å². The molecular formula is C14H11Br2ClFN. The van der Waals surface area contributed by atoms with Gasteiger partial charge in [-0.05, 0) is 40.5 Å². The fourth-order valence-electron chi connectivity index (χ4n) is 1.85. The minimum atomic E-state index is -0.570. The summed E-state index contributed by atoms with van der Waals surface area (Å²) in [7, 11) is 0. The maximum Gasteiger partial charge on any atom is 0.148 e. The van der Waals surface area contributed by atoms with E-state index in [1.807, 2.05) is 25.1 Å². The van der Waals surface area contributed by atoms with Crippen LogP contribution in [-0.2, 0) is 0 Å². The van der Waals surface area contributed by atoms with Gasteiger partial charge in [0.05, 0.1) is 11.1 Å². The fourth-order valence-corrected chi connectivity index (χ4v) is 2.82. The number of hydrogen-bond donors (Lipinski definition) is 1. The van der Waals surface area contributed by atoms with Gasteiger partial charge in [0.25, 0.3) is 0 Å². The molecule has 1 nitrogen and oxygen atoms in total. The molecule has 0 spiro atoms. The second kappa shape index (κ2) is 5.92. The van der Waals surface area contributed by atoms with Gasteiger partial charge in [-0.1, -0.05) is 51.3 Å². The van der Waals surface area contributed by atoms with Gasteiger partial charge in [0, 0.05) is 14.5 Å². The van der Waals surface area contributed by atoms with Gasteiger partial charge in [-0.2, -0.15) is 0 Å². The van der Waals surface area contributed by atoms with E-state index in [0.717, 1.165) is 15.6 Å². The Labute approximate surface area is 133 Å². The first-order chi connectivity index (χ1) is 8.91. The van der Waals surface area contributed by atoms with Crippen molar-refractivity contribution in [3.05, 3.63) is 66.8 Å². The lowest BCUT2D eigenvalue weighted by atomic mass is 9.98. The highest BCUT2D eigenvalue weighted by Gasteiger charge is 2.19. The van der Waals surface area contributed by atoms with Gasteiger partial charge < -0.3 is 5.73 Å². The first-order valence-corrected chi connectivity index (χ1v) is 7.53. The third-order valence-electron chi connectivity index (χ3n) is 2.89. The molecule has 1 unspecified atom stereocenters. The van der Waals surface area contributed by atoms with Crippen molar-refractivity contribution in [3.63, 3.8) is 0 Å². The largest absolute Gasteiger partial charge is 0.320 e. The van der Waals surface area contributed by atoms with Crippen molar-refractivity contribution in [1.29, 1.82) is 0 Å². The highest BCUT2D eigenvalue weighted by molar-refractivity contribution is 9.10. The van der Waals surface area contributed by atoms with Gasteiger partial charge in [-0.25, -0.2) is 4.39 Å². The highest BCUT2D eigenvalue weighted by Crippen LogP contribution is 2.34. The molecule has 5 heteroatoms. The topological polar surface area (TPSA) is 26.0 Å². The number of benzene rings is 2. The smallest absolute Gasteiger partial charge is 0.148 e. The Kier molecular flexibility index (Phi) is 4.66. The number of hydrogen-bond acceptors (Lipinski definition) is 1. The number of halogens is 4. The van der Waals surface area contributed by atoms with Crippen LogP contribution in [0.4, 0.5) is 4.39 Å². The number of nitrogens with two attached hydrogens (primary N) is 1. The number of aryl methyl sites for hydroxylation is 1. The fraction of sp³-hybridized carbons (Fsp3) is 0.143. The summed E-state index contributed by atoms with van der Waals surface area (Å²) in [5.74, 6) is -0.489. The standard InChI is InChI=1S/C14H11Br2ClFN/c1-7-2-4-10(15)9(6-7)14(19)8-3-5-11(16)12(17)13(8)18/h2-6,14H,19H2,1H3. The average molecular weight is 408 g/mol.